The van der Waals surface area contributed by atoms with Crippen molar-refractivity contribution < 1.29 is 0 Å². The summed E-state index contributed by atoms with van der Waals surface area (Å²) in [6, 6.07) is 18.8. The summed E-state index contributed by atoms with van der Waals surface area (Å²) >= 11 is 6.56. The van der Waals surface area contributed by atoms with Crippen LogP contribution in [0.2, 0.25) is 0 Å². The zero-order valence-corrected chi connectivity index (χ0v) is 15.6. The number of benzene rings is 2. The molecule has 2 heterocycles. The highest BCUT2D eigenvalue weighted by Crippen LogP contribution is 2.33. The van der Waals surface area contributed by atoms with Gasteiger partial charge in [0.05, 0.1) is 17.6 Å². The Labute approximate surface area is 161 Å². The number of thiocarbonyl (C=S) groups is 1. The van der Waals surface area contributed by atoms with Crippen molar-refractivity contribution in [3.05, 3.63) is 60.3 Å². The highest BCUT2D eigenvalue weighted by molar-refractivity contribution is 7.99. The Hall–Kier alpha value is -2.64. The molecule has 0 spiro atoms. The van der Waals surface area contributed by atoms with Gasteiger partial charge in [0.15, 0.2) is 10.3 Å². The van der Waals surface area contributed by atoms with E-state index < -0.39 is 0 Å². The van der Waals surface area contributed by atoms with Gasteiger partial charge < -0.3 is 10.3 Å². The van der Waals surface area contributed by atoms with Gasteiger partial charge in [-0.15, -0.1) is 0 Å². The zero-order chi connectivity index (χ0) is 17.9. The number of thioether (sulfide) groups is 1. The third kappa shape index (κ3) is 3.36. The Morgan fingerprint density at radius 3 is 2.54 bits per heavy atom. The van der Waals surface area contributed by atoms with Gasteiger partial charge in [0, 0.05) is 17.9 Å². The molecule has 3 N–H and O–H groups in total. The minimum Gasteiger partial charge on any atom is -0.375 e. The van der Waals surface area contributed by atoms with E-state index >= 15 is 0 Å². The van der Waals surface area contributed by atoms with Crippen LogP contribution in [-0.4, -0.2) is 26.6 Å². The van der Waals surface area contributed by atoms with Crippen LogP contribution in [0.15, 0.2) is 64.9 Å². The Balaban J connectivity index is 1.69. The van der Waals surface area contributed by atoms with Gasteiger partial charge in [0.1, 0.15) is 0 Å². The van der Waals surface area contributed by atoms with Crippen LogP contribution in [0, 0.1) is 0 Å². The van der Waals surface area contributed by atoms with Crippen LogP contribution in [0.25, 0.3) is 22.4 Å². The van der Waals surface area contributed by atoms with Crippen LogP contribution < -0.4 is 11.2 Å². The van der Waals surface area contributed by atoms with Crippen LogP contribution in [-0.2, 0) is 6.54 Å². The molecule has 0 amide bonds. The third-order valence-electron chi connectivity index (χ3n) is 4.14. The van der Waals surface area contributed by atoms with E-state index in [0.29, 0.717) is 0 Å². The molecule has 1 aliphatic rings. The van der Waals surface area contributed by atoms with E-state index in [2.05, 4.69) is 51.5 Å². The summed E-state index contributed by atoms with van der Waals surface area (Å²) in [5, 5.41) is 5.29. The Morgan fingerprint density at radius 1 is 1.12 bits per heavy atom. The fourth-order valence-electron chi connectivity index (χ4n) is 2.95. The quantitative estimate of drug-likeness (QED) is 0.413. The van der Waals surface area contributed by atoms with Gasteiger partial charge in [-0.2, -0.15) is 5.10 Å². The molecule has 5 nitrogen and oxygen atoms in total. The molecule has 2 aromatic carbocycles. The second-order valence-electron chi connectivity index (χ2n) is 5.81. The summed E-state index contributed by atoms with van der Waals surface area (Å²) < 4.78 is 2.18. The second kappa shape index (κ2) is 7.31. The van der Waals surface area contributed by atoms with E-state index in [1.165, 1.54) is 11.1 Å². The molecule has 130 valence electrons. The minimum atomic E-state index is 0.144. The topological polar surface area (TPSA) is 68.2 Å². The lowest BCUT2D eigenvalue weighted by Gasteiger charge is -2.05. The molecular formula is C19H17N5S2. The molecule has 7 heteroatoms. The average Bonchev–Trinajstić information content (AvgIpc) is 3.25. The smallest absolute Gasteiger partial charge is 0.184 e. The van der Waals surface area contributed by atoms with Crippen LogP contribution in [0.3, 0.4) is 0 Å². The Morgan fingerprint density at radius 2 is 1.81 bits per heavy atom. The molecule has 3 aromatic rings. The summed E-state index contributed by atoms with van der Waals surface area (Å²) in [4.78, 5) is 4.80. The number of hydrogen-bond acceptors (Lipinski definition) is 4. The number of aromatic nitrogens is 2. The molecule has 0 fully saturated rings. The number of hydrazone groups is 1. The lowest BCUT2D eigenvalue weighted by Crippen LogP contribution is -2.24. The standard InChI is InChI=1S/C19H17N5S2/c20-18(25)23-21-12-16-17(22-19-24(16)10-11-26-19)15-8-6-14(7-9-15)13-4-2-1-3-5-13/h1-9,12H,10-11H2,(H3,20,23,25). The molecule has 0 unspecified atom stereocenters. The van der Waals surface area contributed by atoms with Gasteiger partial charge in [-0.25, -0.2) is 4.98 Å². The number of fused-ring (bicyclic) bond motifs is 1. The van der Waals surface area contributed by atoms with Crippen LogP contribution in [0.1, 0.15) is 5.69 Å². The summed E-state index contributed by atoms with van der Waals surface area (Å²) in [6.07, 6.45) is 1.74. The number of rotatable bonds is 4. The van der Waals surface area contributed by atoms with Gasteiger partial charge in [-0.1, -0.05) is 66.4 Å². The molecule has 0 saturated carbocycles. The summed E-state index contributed by atoms with van der Waals surface area (Å²) in [6.45, 7) is 0.920. The van der Waals surface area contributed by atoms with E-state index in [-0.39, 0.29) is 5.11 Å². The van der Waals surface area contributed by atoms with Crippen molar-refractivity contribution >= 4 is 35.3 Å². The van der Waals surface area contributed by atoms with Crippen molar-refractivity contribution in [2.45, 2.75) is 11.7 Å². The number of nitrogens with one attached hydrogen (secondary N) is 1. The highest BCUT2D eigenvalue weighted by atomic mass is 32.2. The van der Waals surface area contributed by atoms with Gasteiger partial charge >= 0.3 is 0 Å². The Kier molecular flexibility index (Phi) is 4.73. The molecule has 0 saturated heterocycles. The first-order valence-corrected chi connectivity index (χ1v) is 9.59. The molecule has 1 aliphatic heterocycles. The zero-order valence-electron chi connectivity index (χ0n) is 13.9. The molecule has 1 aromatic heterocycles. The van der Waals surface area contributed by atoms with Crippen molar-refractivity contribution in [2.75, 3.05) is 5.75 Å². The van der Waals surface area contributed by atoms with E-state index in [1.54, 1.807) is 18.0 Å². The van der Waals surface area contributed by atoms with Crippen LogP contribution in [0.5, 0.6) is 0 Å². The molecule has 0 bridgehead atoms. The van der Waals surface area contributed by atoms with Crippen molar-refractivity contribution in [3.8, 4) is 22.4 Å². The van der Waals surface area contributed by atoms with Gasteiger partial charge in [0.2, 0.25) is 0 Å². The van der Waals surface area contributed by atoms with E-state index in [9.17, 15) is 0 Å². The van der Waals surface area contributed by atoms with Gasteiger partial charge in [0.25, 0.3) is 0 Å². The van der Waals surface area contributed by atoms with Crippen molar-refractivity contribution in [2.24, 2.45) is 10.8 Å². The van der Waals surface area contributed by atoms with Crippen molar-refractivity contribution in [3.63, 3.8) is 0 Å². The van der Waals surface area contributed by atoms with Gasteiger partial charge in [-0.3, -0.25) is 5.43 Å². The third-order valence-corrected chi connectivity index (χ3v) is 5.19. The number of nitrogens with zero attached hydrogens (tertiary/aromatic N) is 3. The first-order chi connectivity index (χ1) is 12.7. The molecule has 26 heavy (non-hydrogen) atoms. The van der Waals surface area contributed by atoms with E-state index in [0.717, 1.165) is 34.4 Å². The predicted molar refractivity (Wildman–Crippen MR) is 111 cm³/mol. The van der Waals surface area contributed by atoms with Gasteiger partial charge in [-0.05, 0) is 23.3 Å². The lowest BCUT2D eigenvalue weighted by atomic mass is 10.0. The predicted octanol–water partition coefficient (Wildman–Crippen LogP) is 3.49. The average molecular weight is 380 g/mol. The molecular weight excluding hydrogens is 362 g/mol. The fraction of sp³-hybridized carbons (Fsp3) is 0.105. The Bertz CT molecular complexity index is 962. The maximum atomic E-state index is 5.45. The lowest BCUT2D eigenvalue weighted by molar-refractivity contribution is 0.715. The van der Waals surface area contributed by atoms with E-state index in [4.69, 9.17) is 22.9 Å². The first kappa shape index (κ1) is 16.8. The summed E-state index contributed by atoms with van der Waals surface area (Å²) in [5.41, 5.74) is 13.4. The number of nitrogens with two attached hydrogens (primary N) is 1. The first-order valence-electron chi connectivity index (χ1n) is 8.20. The van der Waals surface area contributed by atoms with Crippen molar-refractivity contribution in [1.29, 1.82) is 0 Å². The monoisotopic (exact) mass is 379 g/mol. The van der Waals surface area contributed by atoms with E-state index in [1.807, 2.05) is 18.2 Å². The summed E-state index contributed by atoms with van der Waals surface area (Å²) in [5.74, 6) is 1.03. The molecule has 0 radical (unpaired) electrons. The van der Waals surface area contributed by atoms with Crippen LogP contribution >= 0.6 is 24.0 Å². The maximum absolute atomic E-state index is 5.45. The maximum Gasteiger partial charge on any atom is 0.184 e. The van der Waals surface area contributed by atoms with Crippen LogP contribution in [0.4, 0.5) is 0 Å². The highest BCUT2D eigenvalue weighted by Gasteiger charge is 2.21. The number of hydrogen-bond donors (Lipinski definition) is 2. The van der Waals surface area contributed by atoms with Crippen molar-refractivity contribution in [1.82, 2.24) is 15.0 Å². The normalized spacial score (nSPS) is 13.1. The molecule has 4 rings (SSSR count). The molecule has 0 atom stereocenters. The SMILES string of the molecule is NC(=S)NN=Cc1c(-c2ccc(-c3ccccc3)cc2)nc2n1CCS2. The largest absolute Gasteiger partial charge is 0.375 e. The minimum absolute atomic E-state index is 0.144. The molecule has 0 aliphatic carbocycles. The second-order valence-corrected chi connectivity index (χ2v) is 7.31. The fourth-order valence-corrected chi connectivity index (χ4v) is 3.96. The number of imidazole rings is 1. The summed E-state index contributed by atoms with van der Waals surface area (Å²) in [7, 11) is 0.